The highest BCUT2D eigenvalue weighted by Crippen LogP contribution is 2.25. The Kier molecular flexibility index (Phi) is 3.89. The SMILES string of the molecule is CCc1cc(C(=O)c2cccc3ccccc23)ccc1[N+](=O)[O-]. The number of ketones is 1. The van der Waals surface area contributed by atoms with E-state index in [0.29, 0.717) is 23.1 Å². The zero-order chi connectivity index (χ0) is 16.4. The molecule has 0 aliphatic heterocycles. The molecule has 0 N–H and O–H groups in total. The van der Waals surface area contributed by atoms with E-state index in [1.165, 1.54) is 12.1 Å². The number of nitro benzene ring substituents is 1. The minimum atomic E-state index is -0.412. The predicted molar refractivity (Wildman–Crippen MR) is 89.9 cm³/mol. The lowest BCUT2D eigenvalue weighted by molar-refractivity contribution is -0.385. The quantitative estimate of drug-likeness (QED) is 0.404. The number of hydrogen-bond acceptors (Lipinski definition) is 3. The molecule has 0 aliphatic carbocycles. The molecule has 0 saturated carbocycles. The number of fused-ring (bicyclic) bond motifs is 1. The summed E-state index contributed by atoms with van der Waals surface area (Å²) in [5, 5.41) is 12.9. The molecule has 4 heteroatoms. The number of benzene rings is 3. The van der Waals surface area contributed by atoms with Crippen LogP contribution < -0.4 is 0 Å². The van der Waals surface area contributed by atoms with Gasteiger partial charge >= 0.3 is 0 Å². The van der Waals surface area contributed by atoms with E-state index in [-0.39, 0.29) is 11.5 Å². The Bertz CT molecular complexity index is 910. The van der Waals surface area contributed by atoms with Crippen molar-refractivity contribution in [2.45, 2.75) is 13.3 Å². The van der Waals surface area contributed by atoms with Gasteiger partial charge in [0.05, 0.1) is 4.92 Å². The van der Waals surface area contributed by atoms with Gasteiger partial charge in [-0.3, -0.25) is 14.9 Å². The Balaban J connectivity index is 2.11. The van der Waals surface area contributed by atoms with Gasteiger partial charge in [-0.05, 0) is 29.3 Å². The molecule has 4 nitrogen and oxygen atoms in total. The molecule has 0 bridgehead atoms. The van der Waals surface area contributed by atoms with Gasteiger partial charge in [-0.2, -0.15) is 0 Å². The van der Waals surface area contributed by atoms with Crippen LogP contribution in [0.4, 0.5) is 5.69 Å². The molecule has 0 heterocycles. The van der Waals surface area contributed by atoms with Crippen LogP contribution >= 0.6 is 0 Å². The summed E-state index contributed by atoms with van der Waals surface area (Å²) in [7, 11) is 0. The van der Waals surface area contributed by atoms with Gasteiger partial charge in [0.2, 0.25) is 0 Å². The first-order chi connectivity index (χ1) is 11.1. The molecular formula is C19H15NO3. The Morgan fingerprint density at radius 3 is 2.52 bits per heavy atom. The summed E-state index contributed by atoms with van der Waals surface area (Å²) in [6.45, 7) is 1.84. The molecule has 0 unspecified atom stereocenters. The summed E-state index contributed by atoms with van der Waals surface area (Å²) in [6.07, 6.45) is 0.507. The minimum absolute atomic E-state index is 0.0574. The van der Waals surface area contributed by atoms with Crippen LogP contribution in [0.5, 0.6) is 0 Å². The first kappa shape index (κ1) is 14.9. The predicted octanol–water partition coefficient (Wildman–Crippen LogP) is 4.54. The van der Waals surface area contributed by atoms with Gasteiger partial charge < -0.3 is 0 Å². The monoisotopic (exact) mass is 305 g/mol. The molecule has 23 heavy (non-hydrogen) atoms. The van der Waals surface area contributed by atoms with Gasteiger partial charge in [-0.15, -0.1) is 0 Å². The number of aryl methyl sites for hydroxylation is 1. The van der Waals surface area contributed by atoms with E-state index >= 15 is 0 Å². The molecule has 0 aromatic heterocycles. The van der Waals surface area contributed by atoms with Gasteiger partial charge in [-0.25, -0.2) is 0 Å². The normalized spacial score (nSPS) is 10.7. The average Bonchev–Trinajstić information content (AvgIpc) is 2.59. The van der Waals surface area contributed by atoms with E-state index in [0.717, 1.165) is 10.8 Å². The van der Waals surface area contributed by atoms with Crippen LogP contribution in [-0.4, -0.2) is 10.7 Å². The van der Waals surface area contributed by atoms with Crippen molar-refractivity contribution in [1.82, 2.24) is 0 Å². The number of rotatable bonds is 4. The molecule has 0 spiro atoms. The van der Waals surface area contributed by atoms with Gasteiger partial charge in [0, 0.05) is 22.8 Å². The van der Waals surface area contributed by atoms with Crippen LogP contribution in [-0.2, 0) is 6.42 Å². The third kappa shape index (κ3) is 2.71. The maximum Gasteiger partial charge on any atom is 0.272 e. The van der Waals surface area contributed by atoms with Crippen LogP contribution in [0.2, 0.25) is 0 Å². The Morgan fingerprint density at radius 2 is 1.78 bits per heavy atom. The lowest BCUT2D eigenvalue weighted by Gasteiger charge is -2.07. The van der Waals surface area contributed by atoms with E-state index in [2.05, 4.69) is 0 Å². The van der Waals surface area contributed by atoms with Crippen molar-refractivity contribution in [3.63, 3.8) is 0 Å². The first-order valence-corrected chi connectivity index (χ1v) is 7.41. The summed E-state index contributed by atoms with van der Waals surface area (Å²) in [5.74, 6) is -0.119. The third-order valence-corrected chi connectivity index (χ3v) is 3.95. The standard InChI is InChI=1S/C19H15NO3/c1-2-13-12-15(10-11-18(13)20(22)23)19(21)17-9-5-7-14-6-3-4-8-16(14)17/h3-12H,2H2,1H3. The zero-order valence-corrected chi connectivity index (χ0v) is 12.7. The molecule has 0 aliphatic rings. The third-order valence-electron chi connectivity index (χ3n) is 3.95. The molecule has 3 rings (SSSR count). The van der Waals surface area contributed by atoms with Crippen molar-refractivity contribution in [3.8, 4) is 0 Å². The number of hydrogen-bond donors (Lipinski definition) is 0. The largest absolute Gasteiger partial charge is 0.289 e. The average molecular weight is 305 g/mol. The van der Waals surface area contributed by atoms with Gasteiger partial charge in [0.15, 0.2) is 5.78 Å². The number of nitrogens with zero attached hydrogens (tertiary/aromatic N) is 1. The van der Waals surface area contributed by atoms with Gasteiger partial charge in [0.25, 0.3) is 5.69 Å². The summed E-state index contributed by atoms with van der Waals surface area (Å²) >= 11 is 0. The second-order valence-corrected chi connectivity index (χ2v) is 5.31. The highest BCUT2D eigenvalue weighted by atomic mass is 16.6. The minimum Gasteiger partial charge on any atom is -0.289 e. The van der Waals surface area contributed by atoms with Crippen molar-refractivity contribution >= 4 is 22.2 Å². The van der Waals surface area contributed by atoms with E-state index in [1.54, 1.807) is 12.1 Å². The highest BCUT2D eigenvalue weighted by molar-refractivity contribution is 6.16. The van der Waals surface area contributed by atoms with Gasteiger partial charge in [-0.1, -0.05) is 49.4 Å². The molecule has 3 aromatic carbocycles. The van der Waals surface area contributed by atoms with Crippen molar-refractivity contribution in [3.05, 3.63) is 87.5 Å². The van der Waals surface area contributed by atoms with Crippen LogP contribution in [0.1, 0.15) is 28.4 Å². The van der Waals surface area contributed by atoms with Crippen LogP contribution in [0, 0.1) is 10.1 Å². The lowest BCUT2D eigenvalue weighted by Crippen LogP contribution is -2.04. The number of carbonyl (C=O) groups is 1. The maximum atomic E-state index is 12.8. The topological polar surface area (TPSA) is 60.2 Å². The molecular weight excluding hydrogens is 290 g/mol. The Labute approximate surface area is 133 Å². The second kappa shape index (κ2) is 6.01. The van der Waals surface area contributed by atoms with Crippen molar-refractivity contribution in [2.75, 3.05) is 0 Å². The fraction of sp³-hybridized carbons (Fsp3) is 0.105. The van der Waals surface area contributed by atoms with Crippen molar-refractivity contribution < 1.29 is 9.72 Å². The summed E-state index contributed by atoms with van der Waals surface area (Å²) in [6, 6.07) is 17.9. The van der Waals surface area contributed by atoms with Crippen molar-refractivity contribution in [1.29, 1.82) is 0 Å². The Morgan fingerprint density at radius 1 is 1.04 bits per heavy atom. The molecule has 114 valence electrons. The Hall–Kier alpha value is -3.01. The van der Waals surface area contributed by atoms with Crippen LogP contribution in [0.3, 0.4) is 0 Å². The highest BCUT2D eigenvalue weighted by Gasteiger charge is 2.17. The van der Waals surface area contributed by atoms with Gasteiger partial charge in [0.1, 0.15) is 0 Å². The van der Waals surface area contributed by atoms with Crippen LogP contribution in [0.25, 0.3) is 10.8 Å². The fourth-order valence-electron chi connectivity index (χ4n) is 2.77. The summed E-state index contributed by atoms with van der Waals surface area (Å²) in [5.41, 5.74) is 1.71. The maximum absolute atomic E-state index is 12.8. The number of carbonyl (C=O) groups excluding carboxylic acids is 1. The zero-order valence-electron chi connectivity index (χ0n) is 12.7. The smallest absolute Gasteiger partial charge is 0.272 e. The molecule has 0 saturated heterocycles. The van der Waals surface area contributed by atoms with E-state index < -0.39 is 4.92 Å². The van der Waals surface area contributed by atoms with Crippen molar-refractivity contribution in [2.24, 2.45) is 0 Å². The second-order valence-electron chi connectivity index (χ2n) is 5.31. The molecule has 0 atom stereocenters. The molecule has 0 radical (unpaired) electrons. The lowest BCUT2D eigenvalue weighted by atomic mass is 9.95. The molecule has 3 aromatic rings. The summed E-state index contributed by atoms with van der Waals surface area (Å²) in [4.78, 5) is 23.5. The number of nitro groups is 1. The van der Waals surface area contributed by atoms with E-state index in [4.69, 9.17) is 0 Å². The van der Waals surface area contributed by atoms with E-state index in [9.17, 15) is 14.9 Å². The molecule has 0 fully saturated rings. The van der Waals surface area contributed by atoms with Crippen LogP contribution in [0.15, 0.2) is 60.7 Å². The molecule has 0 amide bonds. The first-order valence-electron chi connectivity index (χ1n) is 7.41. The summed E-state index contributed by atoms with van der Waals surface area (Å²) < 4.78 is 0. The fourth-order valence-corrected chi connectivity index (χ4v) is 2.77. The van der Waals surface area contributed by atoms with E-state index in [1.807, 2.05) is 43.3 Å².